The molecule has 0 aliphatic carbocycles. The van der Waals surface area contributed by atoms with E-state index in [1.807, 2.05) is 42.5 Å². The van der Waals surface area contributed by atoms with E-state index in [0.29, 0.717) is 36.0 Å². The number of ether oxygens (including phenoxy) is 1. The number of anilines is 1. The maximum atomic E-state index is 13.0. The molecule has 33 heavy (non-hydrogen) atoms. The van der Waals surface area contributed by atoms with Crippen LogP contribution in [0.2, 0.25) is 5.02 Å². The number of morpholine rings is 1. The Labute approximate surface area is 198 Å². The predicted octanol–water partition coefficient (Wildman–Crippen LogP) is 4.97. The maximum absolute atomic E-state index is 13.0. The highest BCUT2D eigenvalue weighted by Crippen LogP contribution is 2.25. The molecule has 170 valence electrons. The molecule has 1 atom stereocenters. The number of carbonyl (C=O) groups is 1. The topological polar surface area (TPSA) is 75.7 Å². The first-order valence-electron chi connectivity index (χ1n) is 10.4. The molecule has 4 rings (SSSR count). The lowest BCUT2D eigenvalue weighted by Gasteiger charge is -2.33. The fraction of sp³-hybridized carbons (Fsp3) is 0.160. The molecule has 1 fully saturated rings. The van der Waals surface area contributed by atoms with Gasteiger partial charge in [0.1, 0.15) is 6.10 Å². The number of nitrogens with one attached hydrogen (secondary N) is 1. The first kappa shape index (κ1) is 23.0. The molecule has 1 heterocycles. The second kappa shape index (κ2) is 10.2. The predicted molar refractivity (Wildman–Crippen MR) is 131 cm³/mol. The molecule has 3 aromatic rings. The Morgan fingerprint density at radius 1 is 1.00 bits per heavy atom. The molecule has 6 nitrogen and oxygen atoms in total. The number of sulfonamides is 1. The van der Waals surface area contributed by atoms with Crippen LogP contribution in [0.5, 0.6) is 0 Å². The van der Waals surface area contributed by atoms with E-state index in [4.69, 9.17) is 16.3 Å². The minimum absolute atomic E-state index is 0.129. The van der Waals surface area contributed by atoms with E-state index in [9.17, 15) is 13.2 Å². The summed E-state index contributed by atoms with van der Waals surface area (Å²) in [6.07, 6.45) is 1.30. The SMILES string of the molecule is O=C(c1ccc(NS(=O)(=O)/C=C/c2ccccc2)cc1)N1CCOC(c2ccc(Cl)cc2)C1. The molecule has 0 saturated carbocycles. The van der Waals surface area contributed by atoms with Gasteiger partial charge in [-0.15, -0.1) is 0 Å². The molecule has 3 aromatic carbocycles. The quantitative estimate of drug-likeness (QED) is 0.538. The summed E-state index contributed by atoms with van der Waals surface area (Å²) in [6, 6.07) is 23.0. The Kier molecular flexibility index (Phi) is 7.13. The largest absolute Gasteiger partial charge is 0.370 e. The van der Waals surface area contributed by atoms with Gasteiger partial charge in [0, 0.05) is 22.8 Å². The van der Waals surface area contributed by atoms with Crippen LogP contribution >= 0.6 is 11.6 Å². The van der Waals surface area contributed by atoms with Crippen molar-refractivity contribution in [3.63, 3.8) is 0 Å². The van der Waals surface area contributed by atoms with Crippen LogP contribution in [-0.2, 0) is 14.8 Å². The Morgan fingerprint density at radius 3 is 2.39 bits per heavy atom. The first-order chi connectivity index (χ1) is 15.9. The zero-order valence-corrected chi connectivity index (χ0v) is 19.3. The highest BCUT2D eigenvalue weighted by Gasteiger charge is 2.26. The number of hydrogen-bond acceptors (Lipinski definition) is 4. The average molecular weight is 483 g/mol. The third-order valence-electron chi connectivity index (χ3n) is 5.23. The smallest absolute Gasteiger partial charge is 0.255 e. The summed E-state index contributed by atoms with van der Waals surface area (Å²) in [5, 5.41) is 1.76. The highest BCUT2D eigenvalue weighted by molar-refractivity contribution is 7.95. The van der Waals surface area contributed by atoms with Crippen LogP contribution in [0.3, 0.4) is 0 Å². The lowest BCUT2D eigenvalue weighted by atomic mass is 10.1. The van der Waals surface area contributed by atoms with Gasteiger partial charge in [0.25, 0.3) is 15.9 Å². The monoisotopic (exact) mass is 482 g/mol. The van der Waals surface area contributed by atoms with Gasteiger partial charge in [-0.25, -0.2) is 8.42 Å². The summed E-state index contributed by atoms with van der Waals surface area (Å²) >= 11 is 5.96. The molecular weight excluding hydrogens is 460 g/mol. The molecule has 1 N–H and O–H groups in total. The zero-order chi connectivity index (χ0) is 23.3. The van der Waals surface area contributed by atoms with Gasteiger partial charge in [-0.05, 0) is 53.6 Å². The molecule has 1 aliphatic rings. The normalized spacial score (nSPS) is 16.6. The third-order valence-corrected chi connectivity index (χ3v) is 6.49. The second-order valence-electron chi connectivity index (χ2n) is 7.60. The zero-order valence-electron chi connectivity index (χ0n) is 17.7. The van der Waals surface area contributed by atoms with Crippen molar-refractivity contribution in [3.05, 3.63) is 106 Å². The van der Waals surface area contributed by atoms with Crippen molar-refractivity contribution in [3.8, 4) is 0 Å². The van der Waals surface area contributed by atoms with Gasteiger partial charge in [-0.1, -0.05) is 54.1 Å². The summed E-state index contributed by atoms with van der Waals surface area (Å²) in [7, 11) is -3.68. The van der Waals surface area contributed by atoms with E-state index in [2.05, 4.69) is 4.72 Å². The number of amides is 1. The molecule has 0 spiro atoms. The van der Waals surface area contributed by atoms with E-state index < -0.39 is 10.0 Å². The van der Waals surface area contributed by atoms with Crippen LogP contribution in [0.1, 0.15) is 27.6 Å². The van der Waals surface area contributed by atoms with Gasteiger partial charge in [0.15, 0.2) is 0 Å². The fourth-order valence-electron chi connectivity index (χ4n) is 3.51. The summed E-state index contributed by atoms with van der Waals surface area (Å²) in [6.45, 7) is 1.35. The van der Waals surface area contributed by atoms with Crippen LogP contribution in [-0.4, -0.2) is 38.9 Å². The molecule has 1 aliphatic heterocycles. The molecule has 8 heteroatoms. The standard InChI is InChI=1S/C25H23ClN2O4S/c26-22-10-6-20(7-11-22)24-18-28(15-16-32-24)25(29)21-8-12-23(13-9-21)27-33(30,31)17-14-19-4-2-1-3-5-19/h1-14,17,24,27H,15-16,18H2/b17-14+. The van der Waals surface area contributed by atoms with Crippen LogP contribution in [0, 0.1) is 0 Å². The van der Waals surface area contributed by atoms with Crippen molar-refractivity contribution in [2.45, 2.75) is 6.10 Å². The van der Waals surface area contributed by atoms with Crippen molar-refractivity contribution in [1.82, 2.24) is 4.90 Å². The van der Waals surface area contributed by atoms with Gasteiger partial charge >= 0.3 is 0 Å². The van der Waals surface area contributed by atoms with Crippen molar-refractivity contribution in [2.24, 2.45) is 0 Å². The lowest BCUT2D eigenvalue weighted by Crippen LogP contribution is -2.42. The van der Waals surface area contributed by atoms with Gasteiger partial charge in [-0.3, -0.25) is 9.52 Å². The highest BCUT2D eigenvalue weighted by atomic mass is 35.5. The van der Waals surface area contributed by atoms with Crippen molar-refractivity contribution < 1.29 is 17.9 Å². The minimum atomic E-state index is -3.68. The summed E-state index contributed by atoms with van der Waals surface area (Å²) < 4.78 is 33.0. The molecule has 0 bridgehead atoms. The van der Waals surface area contributed by atoms with Crippen molar-refractivity contribution in [1.29, 1.82) is 0 Å². The van der Waals surface area contributed by atoms with Gasteiger partial charge in [0.05, 0.1) is 18.6 Å². The van der Waals surface area contributed by atoms with Gasteiger partial charge < -0.3 is 9.64 Å². The third kappa shape index (κ3) is 6.22. The summed E-state index contributed by atoms with van der Waals surface area (Å²) in [5.41, 5.74) is 2.61. The molecule has 0 aromatic heterocycles. The van der Waals surface area contributed by atoms with E-state index in [0.717, 1.165) is 16.5 Å². The number of halogens is 1. The van der Waals surface area contributed by atoms with Gasteiger partial charge in [0.2, 0.25) is 0 Å². The van der Waals surface area contributed by atoms with E-state index >= 15 is 0 Å². The van der Waals surface area contributed by atoms with Crippen molar-refractivity contribution in [2.75, 3.05) is 24.4 Å². The number of hydrogen-bond donors (Lipinski definition) is 1. The molecule has 1 saturated heterocycles. The van der Waals surface area contributed by atoms with E-state index in [1.54, 1.807) is 41.3 Å². The summed E-state index contributed by atoms with van der Waals surface area (Å²) in [4.78, 5) is 14.7. The minimum Gasteiger partial charge on any atom is -0.370 e. The lowest BCUT2D eigenvalue weighted by molar-refractivity contribution is -0.0228. The number of benzene rings is 3. The van der Waals surface area contributed by atoms with Crippen LogP contribution in [0.15, 0.2) is 84.3 Å². The Bertz CT molecular complexity index is 1230. The first-order valence-corrected chi connectivity index (χ1v) is 12.3. The van der Waals surface area contributed by atoms with E-state index in [-0.39, 0.29) is 12.0 Å². The number of nitrogens with zero attached hydrogens (tertiary/aromatic N) is 1. The Balaban J connectivity index is 1.39. The molecule has 1 amide bonds. The fourth-order valence-corrected chi connectivity index (χ4v) is 4.50. The molecular formula is C25H23ClN2O4S. The Hall–Kier alpha value is -3.13. The Morgan fingerprint density at radius 2 is 1.70 bits per heavy atom. The van der Waals surface area contributed by atoms with Crippen LogP contribution in [0.4, 0.5) is 5.69 Å². The molecule has 0 radical (unpaired) electrons. The van der Waals surface area contributed by atoms with Crippen molar-refractivity contribution >= 4 is 39.3 Å². The number of carbonyl (C=O) groups excluding carboxylic acids is 1. The second-order valence-corrected chi connectivity index (χ2v) is 9.60. The number of rotatable bonds is 6. The van der Waals surface area contributed by atoms with Crippen LogP contribution < -0.4 is 4.72 Å². The maximum Gasteiger partial charge on any atom is 0.255 e. The van der Waals surface area contributed by atoms with E-state index in [1.165, 1.54) is 6.08 Å². The van der Waals surface area contributed by atoms with Crippen LogP contribution in [0.25, 0.3) is 6.08 Å². The average Bonchev–Trinajstić information content (AvgIpc) is 2.84. The molecule has 1 unspecified atom stereocenters. The summed E-state index contributed by atoms with van der Waals surface area (Å²) in [5.74, 6) is -0.129. The van der Waals surface area contributed by atoms with Gasteiger partial charge in [-0.2, -0.15) is 0 Å².